The molecule has 1 saturated heterocycles. The van der Waals surface area contributed by atoms with Crippen LogP contribution >= 0.6 is 0 Å². The number of aromatic nitrogens is 1. The number of carbonyl (C=O) groups excluding carboxylic acids is 1. The Labute approximate surface area is 181 Å². The maximum absolute atomic E-state index is 12.6. The number of ether oxygens (including phenoxy) is 1. The highest BCUT2D eigenvalue weighted by Crippen LogP contribution is 2.25. The first-order valence-electron chi connectivity index (χ1n) is 9.91. The Bertz CT molecular complexity index is 1170. The van der Waals surface area contributed by atoms with Crippen molar-refractivity contribution >= 4 is 27.1 Å². The van der Waals surface area contributed by atoms with Crippen LogP contribution in [0.1, 0.15) is 10.4 Å². The monoisotopic (exact) mass is 437 g/mol. The summed E-state index contributed by atoms with van der Waals surface area (Å²) in [5.41, 5.74) is 3.28. The van der Waals surface area contributed by atoms with Crippen LogP contribution in [-0.2, 0) is 14.6 Å². The highest BCUT2D eigenvalue weighted by molar-refractivity contribution is 7.90. The van der Waals surface area contributed by atoms with Gasteiger partial charge in [-0.05, 0) is 48.5 Å². The third-order valence-electron chi connectivity index (χ3n) is 5.09. The van der Waals surface area contributed by atoms with Gasteiger partial charge in [-0.1, -0.05) is 12.1 Å². The molecule has 0 unspecified atom stereocenters. The molecule has 2 heterocycles. The van der Waals surface area contributed by atoms with Gasteiger partial charge < -0.3 is 15.0 Å². The predicted octanol–water partition coefficient (Wildman–Crippen LogP) is 3.24. The maximum Gasteiger partial charge on any atom is 0.255 e. The van der Waals surface area contributed by atoms with E-state index >= 15 is 0 Å². The van der Waals surface area contributed by atoms with Gasteiger partial charge in [-0.3, -0.25) is 9.78 Å². The van der Waals surface area contributed by atoms with Crippen LogP contribution in [0.25, 0.3) is 11.3 Å². The number of hydrogen-bond acceptors (Lipinski definition) is 6. The van der Waals surface area contributed by atoms with Gasteiger partial charge in [-0.25, -0.2) is 8.42 Å². The average Bonchev–Trinajstić information content (AvgIpc) is 2.80. The third kappa shape index (κ3) is 4.92. The SMILES string of the molecule is CS(=O)(=O)c1cccnc1-c1ccc(C(=O)Nc2ccc(N3CCOCC3)cc2)cc1. The van der Waals surface area contributed by atoms with Crippen molar-refractivity contribution in [3.8, 4) is 11.3 Å². The lowest BCUT2D eigenvalue weighted by atomic mass is 10.1. The zero-order valence-electron chi connectivity index (χ0n) is 17.1. The van der Waals surface area contributed by atoms with Crippen LogP contribution in [0.2, 0.25) is 0 Å². The molecule has 1 N–H and O–H groups in total. The molecular weight excluding hydrogens is 414 g/mol. The molecule has 1 amide bonds. The molecule has 1 aromatic heterocycles. The molecule has 1 fully saturated rings. The summed E-state index contributed by atoms with van der Waals surface area (Å²) in [6.45, 7) is 3.15. The van der Waals surface area contributed by atoms with Gasteiger partial charge >= 0.3 is 0 Å². The molecular formula is C23H23N3O4S. The third-order valence-corrected chi connectivity index (χ3v) is 6.22. The van der Waals surface area contributed by atoms with E-state index in [1.807, 2.05) is 24.3 Å². The van der Waals surface area contributed by atoms with Crippen LogP contribution < -0.4 is 10.2 Å². The summed E-state index contributed by atoms with van der Waals surface area (Å²) >= 11 is 0. The summed E-state index contributed by atoms with van der Waals surface area (Å²) in [7, 11) is -3.41. The fraction of sp³-hybridized carbons (Fsp3) is 0.217. The highest BCUT2D eigenvalue weighted by atomic mass is 32.2. The van der Waals surface area contributed by atoms with Crippen molar-refractivity contribution in [3.05, 3.63) is 72.4 Å². The van der Waals surface area contributed by atoms with Crippen molar-refractivity contribution < 1.29 is 17.9 Å². The Morgan fingerprint density at radius 2 is 1.68 bits per heavy atom. The van der Waals surface area contributed by atoms with Crippen LogP contribution in [0.15, 0.2) is 71.8 Å². The predicted molar refractivity (Wildman–Crippen MR) is 120 cm³/mol. The smallest absolute Gasteiger partial charge is 0.255 e. The molecule has 4 rings (SSSR count). The summed E-state index contributed by atoms with van der Waals surface area (Å²) in [5.74, 6) is -0.241. The zero-order chi connectivity index (χ0) is 21.8. The second-order valence-corrected chi connectivity index (χ2v) is 9.28. The number of pyridine rings is 1. The topological polar surface area (TPSA) is 88.6 Å². The van der Waals surface area contributed by atoms with Crippen LogP contribution in [0.4, 0.5) is 11.4 Å². The number of hydrogen-bond donors (Lipinski definition) is 1. The molecule has 0 bridgehead atoms. The molecule has 31 heavy (non-hydrogen) atoms. The van der Waals surface area contributed by atoms with E-state index in [2.05, 4.69) is 15.2 Å². The molecule has 8 heteroatoms. The van der Waals surface area contributed by atoms with Crippen molar-refractivity contribution in [2.24, 2.45) is 0 Å². The molecule has 2 aromatic carbocycles. The molecule has 0 aliphatic carbocycles. The first-order chi connectivity index (χ1) is 14.9. The Morgan fingerprint density at radius 1 is 1.00 bits per heavy atom. The van der Waals surface area contributed by atoms with Crippen LogP contribution in [0, 0.1) is 0 Å². The fourth-order valence-corrected chi connectivity index (χ4v) is 4.31. The molecule has 3 aromatic rings. The van der Waals surface area contributed by atoms with E-state index in [0.717, 1.165) is 38.2 Å². The molecule has 0 saturated carbocycles. The van der Waals surface area contributed by atoms with Gasteiger partial charge in [0.2, 0.25) is 0 Å². The van der Waals surface area contributed by atoms with E-state index in [9.17, 15) is 13.2 Å². The number of carbonyl (C=O) groups is 1. The van der Waals surface area contributed by atoms with Crippen LogP contribution in [0.3, 0.4) is 0 Å². The van der Waals surface area contributed by atoms with Crippen molar-refractivity contribution in [3.63, 3.8) is 0 Å². The van der Waals surface area contributed by atoms with Gasteiger partial charge in [0.05, 0.1) is 23.8 Å². The number of nitrogens with zero attached hydrogens (tertiary/aromatic N) is 2. The van der Waals surface area contributed by atoms with E-state index in [1.165, 1.54) is 6.07 Å². The lowest BCUT2D eigenvalue weighted by Gasteiger charge is -2.28. The van der Waals surface area contributed by atoms with E-state index in [-0.39, 0.29) is 10.8 Å². The summed E-state index contributed by atoms with van der Waals surface area (Å²) < 4.78 is 29.4. The Balaban J connectivity index is 1.47. The standard InChI is InChI=1S/C23H23N3O4S/c1-31(28,29)21-3-2-12-24-22(21)17-4-6-18(7-5-17)23(27)25-19-8-10-20(11-9-19)26-13-15-30-16-14-26/h2-12H,13-16H2,1H3,(H,25,27). The fourth-order valence-electron chi connectivity index (χ4n) is 3.47. The second-order valence-electron chi connectivity index (χ2n) is 7.30. The molecule has 1 aliphatic heterocycles. The second kappa shape index (κ2) is 8.87. The molecule has 7 nitrogen and oxygen atoms in total. The number of amides is 1. The molecule has 160 valence electrons. The molecule has 0 atom stereocenters. The van der Waals surface area contributed by atoms with Crippen LogP contribution in [0.5, 0.6) is 0 Å². The van der Waals surface area contributed by atoms with Gasteiger partial charge in [-0.15, -0.1) is 0 Å². The Hall–Kier alpha value is -3.23. The lowest BCUT2D eigenvalue weighted by Crippen LogP contribution is -2.36. The van der Waals surface area contributed by atoms with E-state index < -0.39 is 9.84 Å². The number of benzene rings is 2. The minimum atomic E-state index is -3.41. The molecule has 0 radical (unpaired) electrons. The van der Waals surface area contributed by atoms with Gasteiger partial charge in [0.25, 0.3) is 5.91 Å². The quantitative estimate of drug-likeness (QED) is 0.659. The first kappa shape index (κ1) is 21.0. The largest absolute Gasteiger partial charge is 0.378 e. The van der Waals surface area contributed by atoms with Crippen molar-refractivity contribution in [2.45, 2.75) is 4.90 Å². The minimum Gasteiger partial charge on any atom is -0.378 e. The normalized spacial score (nSPS) is 14.3. The average molecular weight is 438 g/mol. The highest BCUT2D eigenvalue weighted by Gasteiger charge is 2.16. The van der Waals surface area contributed by atoms with E-state index in [1.54, 1.807) is 36.5 Å². The summed E-state index contributed by atoms with van der Waals surface area (Å²) in [4.78, 5) is 19.2. The molecule has 0 spiro atoms. The lowest BCUT2D eigenvalue weighted by molar-refractivity contribution is 0.102. The minimum absolute atomic E-state index is 0.160. The van der Waals surface area contributed by atoms with Gasteiger partial charge in [-0.2, -0.15) is 0 Å². The van der Waals surface area contributed by atoms with Crippen molar-refractivity contribution in [2.75, 3.05) is 42.8 Å². The van der Waals surface area contributed by atoms with Crippen molar-refractivity contribution in [1.29, 1.82) is 0 Å². The summed E-state index contributed by atoms with van der Waals surface area (Å²) in [6, 6.07) is 17.6. The van der Waals surface area contributed by atoms with E-state index in [4.69, 9.17) is 4.74 Å². The van der Waals surface area contributed by atoms with Gasteiger partial charge in [0, 0.05) is 48.0 Å². The summed E-state index contributed by atoms with van der Waals surface area (Å²) in [6.07, 6.45) is 2.70. The number of sulfone groups is 1. The first-order valence-corrected chi connectivity index (χ1v) is 11.8. The summed E-state index contributed by atoms with van der Waals surface area (Å²) in [5, 5.41) is 2.89. The van der Waals surface area contributed by atoms with Gasteiger partial charge in [0.15, 0.2) is 9.84 Å². The van der Waals surface area contributed by atoms with Crippen LogP contribution in [-0.4, -0.2) is 51.9 Å². The maximum atomic E-state index is 12.6. The van der Waals surface area contributed by atoms with E-state index in [0.29, 0.717) is 22.5 Å². The Kier molecular flexibility index (Phi) is 6.01. The number of anilines is 2. The number of nitrogens with one attached hydrogen (secondary N) is 1. The number of rotatable bonds is 5. The van der Waals surface area contributed by atoms with Gasteiger partial charge in [0.1, 0.15) is 0 Å². The zero-order valence-corrected chi connectivity index (χ0v) is 17.9. The molecule has 1 aliphatic rings. The van der Waals surface area contributed by atoms with Crippen molar-refractivity contribution in [1.82, 2.24) is 4.98 Å². The Morgan fingerprint density at radius 3 is 2.32 bits per heavy atom. The number of morpholine rings is 1.